The van der Waals surface area contributed by atoms with Crippen molar-refractivity contribution in [2.75, 3.05) is 18.8 Å². The lowest BCUT2D eigenvalue weighted by Gasteiger charge is -2.22. The minimum Gasteiger partial charge on any atom is -0.398 e. The predicted molar refractivity (Wildman–Crippen MR) is 75.2 cm³/mol. The van der Waals surface area contributed by atoms with Crippen molar-refractivity contribution in [3.8, 4) is 0 Å². The molecule has 0 aliphatic rings. The number of primary amides is 1. The minimum absolute atomic E-state index is 0.227. The second-order valence-corrected chi connectivity index (χ2v) is 4.75. The molecule has 4 N–H and O–H groups in total. The van der Waals surface area contributed by atoms with Crippen molar-refractivity contribution in [1.29, 1.82) is 0 Å². The summed E-state index contributed by atoms with van der Waals surface area (Å²) in [6, 6.07) is 5.42. The molecule has 0 aliphatic carbocycles. The molecule has 1 rings (SSSR count). The summed E-state index contributed by atoms with van der Waals surface area (Å²) < 4.78 is 0. The fraction of sp³-hybridized carbons (Fsp3) is 0.462. The van der Waals surface area contributed by atoms with Gasteiger partial charge < -0.3 is 11.5 Å². The van der Waals surface area contributed by atoms with E-state index in [2.05, 4.69) is 6.92 Å². The van der Waals surface area contributed by atoms with Crippen LogP contribution in [-0.2, 0) is 11.3 Å². The van der Waals surface area contributed by atoms with Gasteiger partial charge >= 0.3 is 0 Å². The summed E-state index contributed by atoms with van der Waals surface area (Å²) >= 11 is 6.12. The Morgan fingerprint density at radius 1 is 1.44 bits per heavy atom. The summed E-state index contributed by atoms with van der Waals surface area (Å²) in [5.41, 5.74) is 12.7. The van der Waals surface area contributed by atoms with Gasteiger partial charge in [-0.25, -0.2) is 0 Å². The Labute approximate surface area is 113 Å². The molecule has 0 bridgehead atoms. The molecule has 0 fully saturated rings. The molecule has 1 aromatic carbocycles. The maximum atomic E-state index is 11.0. The van der Waals surface area contributed by atoms with E-state index in [1.54, 1.807) is 6.07 Å². The zero-order chi connectivity index (χ0) is 13.5. The van der Waals surface area contributed by atoms with Crippen molar-refractivity contribution in [3.63, 3.8) is 0 Å². The molecule has 5 heteroatoms. The van der Waals surface area contributed by atoms with Gasteiger partial charge in [0, 0.05) is 22.8 Å². The van der Waals surface area contributed by atoms with Crippen molar-refractivity contribution in [2.24, 2.45) is 5.73 Å². The molecule has 100 valence electrons. The molecule has 0 saturated heterocycles. The van der Waals surface area contributed by atoms with Gasteiger partial charge in [0.2, 0.25) is 5.91 Å². The lowest BCUT2D eigenvalue weighted by Crippen LogP contribution is -2.34. The highest BCUT2D eigenvalue weighted by atomic mass is 35.5. The Balaban J connectivity index is 2.78. The van der Waals surface area contributed by atoms with Gasteiger partial charge in [-0.05, 0) is 25.1 Å². The predicted octanol–water partition coefficient (Wildman–Crippen LogP) is 2.01. The van der Waals surface area contributed by atoms with Crippen LogP contribution in [0.1, 0.15) is 25.3 Å². The van der Waals surface area contributed by atoms with Crippen LogP contribution in [0.2, 0.25) is 5.02 Å². The molecule has 0 aliphatic heterocycles. The zero-order valence-electron chi connectivity index (χ0n) is 10.7. The Bertz CT molecular complexity index is 389. The van der Waals surface area contributed by atoms with Crippen molar-refractivity contribution < 1.29 is 4.79 Å². The van der Waals surface area contributed by atoms with Gasteiger partial charge in [0.05, 0.1) is 6.54 Å². The first kappa shape index (κ1) is 14.8. The van der Waals surface area contributed by atoms with Crippen LogP contribution in [0.5, 0.6) is 0 Å². The van der Waals surface area contributed by atoms with Crippen LogP contribution in [0.15, 0.2) is 18.2 Å². The summed E-state index contributed by atoms with van der Waals surface area (Å²) in [6.45, 7) is 3.69. The Hall–Kier alpha value is -1.26. The van der Waals surface area contributed by atoms with Crippen LogP contribution in [0.3, 0.4) is 0 Å². The number of amides is 1. The largest absolute Gasteiger partial charge is 0.398 e. The quantitative estimate of drug-likeness (QED) is 0.744. The third kappa shape index (κ3) is 4.55. The SMILES string of the molecule is CCCCN(CC(N)=O)Cc1c(N)cccc1Cl. The standard InChI is InChI=1S/C13H20ClN3O/c1-2-3-7-17(9-13(16)18)8-10-11(14)5-4-6-12(10)15/h4-6H,2-3,7-9,15H2,1H3,(H2,16,18). The van der Waals surface area contributed by atoms with E-state index in [0.29, 0.717) is 17.3 Å². The van der Waals surface area contributed by atoms with E-state index in [0.717, 1.165) is 24.9 Å². The van der Waals surface area contributed by atoms with Crippen molar-refractivity contribution in [2.45, 2.75) is 26.3 Å². The molecule has 0 spiro atoms. The number of rotatable bonds is 7. The number of carbonyl (C=O) groups excluding carboxylic acids is 1. The second-order valence-electron chi connectivity index (χ2n) is 4.34. The topological polar surface area (TPSA) is 72.3 Å². The fourth-order valence-corrected chi connectivity index (χ4v) is 2.02. The minimum atomic E-state index is -0.336. The third-order valence-corrected chi connectivity index (χ3v) is 3.10. The highest BCUT2D eigenvalue weighted by Crippen LogP contribution is 2.23. The molecule has 1 aromatic rings. The Morgan fingerprint density at radius 3 is 2.72 bits per heavy atom. The molecular weight excluding hydrogens is 250 g/mol. The molecule has 18 heavy (non-hydrogen) atoms. The van der Waals surface area contributed by atoms with Crippen LogP contribution in [0.4, 0.5) is 5.69 Å². The fourth-order valence-electron chi connectivity index (χ4n) is 1.78. The molecule has 1 amide bonds. The number of benzene rings is 1. The van der Waals surface area contributed by atoms with E-state index in [4.69, 9.17) is 23.1 Å². The highest BCUT2D eigenvalue weighted by molar-refractivity contribution is 6.31. The Kier molecular flexibility index (Phi) is 5.95. The van der Waals surface area contributed by atoms with Gasteiger partial charge in [-0.2, -0.15) is 0 Å². The first-order chi connectivity index (χ1) is 8.54. The zero-order valence-corrected chi connectivity index (χ0v) is 11.4. The number of nitrogens with two attached hydrogens (primary N) is 2. The lowest BCUT2D eigenvalue weighted by molar-refractivity contribution is -0.119. The molecule has 0 radical (unpaired) electrons. The van der Waals surface area contributed by atoms with E-state index >= 15 is 0 Å². The van der Waals surface area contributed by atoms with Gasteiger partial charge in [-0.1, -0.05) is 31.0 Å². The number of carbonyl (C=O) groups is 1. The molecular formula is C13H20ClN3O. The molecule has 0 unspecified atom stereocenters. The average molecular weight is 270 g/mol. The van der Waals surface area contributed by atoms with Gasteiger partial charge in [-0.15, -0.1) is 0 Å². The van der Waals surface area contributed by atoms with E-state index in [1.807, 2.05) is 17.0 Å². The van der Waals surface area contributed by atoms with E-state index < -0.39 is 0 Å². The summed E-state index contributed by atoms with van der Waals surface area (Å²) in [4.78, 5) is 13.0. The Morgan fingerprint density at radius 2 is 2.17 bits per heavy atom. The van der Waals surface area contributed by atoms with Crippen molar-refractivity contribution in [1.82, 2.24) is 4.90 Å². The molecule has 0 heterocycles. The van der Waals surface area contributed by atoms with Crippen molar-refractivity contribution >= 4 is 23.2 Å². The van der Waals surface area contributed by atoms with Crippen LogP contribution in [0.25, 0.3) is 0 Å². The smallest absolute Gasteiger partial charge is 0.231 e. The summed E-state index contributed by atoms with van der Waals surface area (Å²) in [5, 5.41) is 0.626. The number of halogens is 1. The average Bonchev–Trinajstić information content (AvgIpc) is 2.30. The highest BCUT2D eigenvalue weighted by Gasteiger charge is 2.12. The van der Waals surface area contributed by atoms with Gasteiger partial charge in [0.25, 0.3) is 0 Å². The van der Waals surface area contributed by atoms with Gasteiger partial charge in [0.1, 0.15) is 0 Å². The maximum Gasteiger partial charge on any atom is 0.231 e. The summed E-state index contributed by atoms with van der Waals surface area (Å²) in [5.74, 6) is -0.336. The second kappa shape index (κ2) is 7.24. The maximum absolute atomic E-state index is 11.0. The van der Waals surface area contributed by atoms with Crippen LogP contribution >= 0.6 is 11.6 Å². The molecule has 0 aromatic heterocycles. The van der Waals surface area contributed by atoms with Crippen LogP contribution in [0, 0.1) is 0 Å². The summed E-state index contributed by atoms with van der Waals surface area (Å²) in [6.07, 6.45) is 2.07. The first-order valence-corrected chi connectivity index (χ1v) is 6.46. The van der Waals surface area contributed by atoms with Crippen molar-refractivity contribution in [3.05, 3.63) is 28.8 Å². The normalized spacial score (nSPS) is 10.8. The van der Waals surface area contributed by atoms with E-state index in [-0.39, 0.29) is 12.5 Å². The number of anilines is 1. The number of nitrogen functional groups attached to an aromatic ring is 1. The van der Waals surface area contributed by atoms with Gasteiger partial charge in [0.15, 0.2) is 0 Å². The molecule has 0 atom stereocenters. The van der Waals surface area contributed by atoms with E-state index in [1.165, 1.54) is 0 Å². The summed E-state index contributed by atoms with van der Waals surface area (Å²) in [7, 11) is 0. The molecule has 0 saturated carbocycles. The number of hydrogen-bond donors (Lipinski definition) is 2. The van der Waals surface area contributed by atoms with E-state index in [9.17, 15) is 4.79 Å². The first-order valence-electron chi connectivity index (χ1n) is 6.08. The number of unbranched alkanes of at least 4 members (excludes halogenated alkanes) is 1. The van der Waals surface area contributed by atoms with Crippen LogP contribution < -0.4 is 11.5 Å². The number of nitrogens with zero attached hydrogens (tertiary/aromatic N) is 1. The lowest BCUT2D eigenvalue weighted by atomic mass is 10.1. The third-order valence-electron chi connectivity index (χ3n) is 2.74. The monoisotopic (exact) mass is 269 g/mol. The van der Waals surface area contributed by atoms with Crippen LogP contribution in [-0.4, -0.2) is 23.9 Å². The molecule has 4 nitrogen and oxygen atoms in total. The number of hydrogen-bond acceptors (Lipinski definition) is 3. The van der Waals surface area contributed by atoms with Gasteiger partial charge in [-0.3, -0.25) is 9.69 Å².